The van der Waals surface area contributed by atoms with E-state index in [4.69, 9.17) is 0 Å². The van der Waals surface area contributed by atoms with Crippen LogP contribution < -0.4 is 10.6 Å². The minimum Gasteiger partial charge on any atom is -0.356 e. The predicted octanol–water partition coefficient (Wildman–Crippen LogP) is 8.68. The molecule has 0 unspecified atom stereocenters. The van der Waals surface area contributed by atoms with Crippen molar-refractivity contribution in [1.82, 2.24) is 0 Å². The van der Waals surface area contributed by atoms with E-state index in [-0.39, 0.29) is 0 Å². The number of nitrogens with one attached hydrogen (secondary N) is 2. The lowest BCUT2D eigenvalue weighted by atomic mass is 10.2. The van der Waals surface area contributed by atoms with Gasteiger partial charge >= 0.3 is 0 Å². The molecule has 0 saturated carbocycles. The molecule has 0 saturated heterocycles. The van der Waals surface area contributed by atoms with E-state index in [9.17, 15) is 0 Å². The topological polar surface area (TPSA) is 48.8 Å². The summed E-state index contributed by atoms with van der Waals surface area (Å²) in [5, 5.41) is 6.87. The summed E-state index contributed by atoms with van der Waals surface area (Å²) >= 11 is 0. The van der Waals surface area contributed by atoms with Crippen molar-refractivity contribution in [1.29, 1.82) is 0 Å². The van der Waals surface area contributed by atoms with Gasteiger partial charge in [0.1, 0.15) is 0 Å². The van der Waals surface area contributed by atoms with Crippen molar-refractivity contribution in [3.63, 3.8) is 0 Å². The number of nitrogens with zero attached hydrogens (tertiary/aromatic N) is 2. The van der Waals surface area contributed by atoms with Crippen LogP contribution in [-0.2, 0) is 0 Å². The molecule has 36 heavy (non-hydrogen) atoms. The lowest BCUT2D eigenvalue weighted by molar-refractivity contribution is 1.48. The van der Waals surface area contributed by atoms with Gasteiger partial charge in [0.2, 0.25) is 0 Å². The zero-order valence-electron chi connectivity index (χ0n) is 19.8. The predicted molar refractivity (Wildman–Crippen MR) is 153 cm³/mol. The first-order valence-electron chi connectivity index (χ1n) is 11.8. The molecule has 5 aromatic carbocycles. The standard InChI is InChI=1S/C32H26N4/c1-3-7-25(8-4-1)23-33-27-11-15-29(16-12-27)35-31-19-21-32(22-20-31)36-30-17-13-28(14-18-30)34-24-26-9-5-2-6-10-26/h1-24,35-36H. The van der Waals surface area contributed by atoms with Gasteiger partial charge in [0, 0.05) is 35.2 Å². The lowest BCUT2D eigenvalue weighted by Crippen LogP contribution is -1.92. The zero-order chi connectivity index (χ0) is 24.4. The maximum absolute atomic E-state index is 4.54. The van der Waals surface area contributed by atoms with Gasteiger partial charge in [-0.3, -0.25) is 9.98 Å². The van der Waals surface area contributed by atoms with Crippen LogP contribution in [0.2, 0.25) is 0 Å². The molecule has 5 aromatic rings. The molecule has 0 aliphatic carbocycles. The molecule has 0 spiro atoms. The molecule has 2 N–H and O–H groups in total. The number of anilines is 4. The number of benzene rings is 5. The molecule has 0 aliphatic heterocycles. The maximum atomic E-state index is 4.54. The van der Waals surface area contributed by atoms with E-state index < -0.39 is 0 Å². The Balaban J connectivity index is 1.15. The number of hydrogen-bond donors (Lipinski definition) is 2. The van der Waals surface area contributed by atoms with Gasteiger partial charge < -0.3 is 10.6 Å². The van der Waals surface area contributed by atoms with Gasteiger partial charge in [0.25, 0.3) is 0 Å². The third kappa shape index (κ3) is 6.55. The first-order chi connectivity index (χ1) is 17.8. The molecular formula is C32H26N4. The summed E-state index contributed by atoms with van der Waals surface area (Å²) in [6, 6.07) is 44.6. The summed E-state index contributed by atoms with van der Waals surface area (Å²) < 4.78 is 0. The largest absolute Gasteiger partial charge is 0.356 e. The van der Waals surface area contributed by atoms with Gasteiger partial charge in [0.05, 0.1) is 11.4 Å². The van der Waals surface area contributed by atoms with Gasteiger partial charge in [-0.2, -0.15) is 0 Å². The van der Waals surface area contributed by atoms with Crippen LogP contribution >= 0.6 is 0 Å². The Hall–Kier alpha value is -4.96. The van der Waals surface area contributed by atoms with Crippen molar-refractivity contribution in [3.8, 4) is 0 Å². The Morgan fingerprint density at radius 1 is 0.361 bits per heavy atom. The van der Waals surface area contributed by atoms with Crippen LogP contribution in [0.25, 0.3) is 0 Å². The highest BCUT2D eigenvalue weighted by Gasteiger charge is 1.99. The minimum atomic E-state index is 0.917. The molecule has 0 aliphatic rings. The number of aliphatic imine (C=N–C) groups is 2. The molecule has 5 rings (SSSR count). The van der Waals surface area contributed by atoms with E-state index in [0.29, 0.717) is 0 Å². The Labute approximate surface area is 211 Å². The Morgan fingerprint density at radius 3 is 1.00 bits per heavy atom. The summed E-state index contributed by atoms with van der Waals surface area (Å²) in [5.74, 6) is 0. The Morgan fingerprint density at radius 2 is 0.667 bits per heavy atom. The van der Waals surface area contributed by atoms with Crippen molar-refractivity contribution < 1.29 is 0 Å². The molecule has 0 radical (unpaired) electrons. The van der Waals surface area contributed by atoms with Crippen LogP contribution in [0.5, 0.6) is 0 Å². The smallest absolute Gasteiger partial charge is 0.0631 e. The first kappa shape index (κ1) is 22.8. The van der Waals surface area contributed by atoms with Gasteiger partial charge in [-0.25, -0.2) is 0 Å². The molecular weight excluding hydrogens is 440 g/mol. The van der Waals surface area contributed by atoms with Crippen molar-refractivity contribution in [2.24, 2.45) is 9.98 Å². The van der Waals surface area contributed by atoms with Crippen LogP contribution in [0.1, 0.15) is 11.1 Å². The molecule has 0 amide bonds. The van der Waals surface area contributed by atoms with Crippen LogP contribution in [-0.4, -0.2) is 12.4 Å². The average Bonchev–Trinajstić information content (AvgIpc) is 2.94. The molecule has 174 valence electrons. The summed E-state index contributed by atoms with van der Waals surface area (Å²) in [5.41, 5.74) is 8.07. The fraction of sp³-hybridized carbons (Fsp3) is 0. The Bertz CT molecular complexity index is 1310. The number of hydrogen-bond acceptors (Lipinski definition) is 4. The molecule has 0 heterocycles. The second kappa shape index (κ2) is 11.4. The van der Waals surface area contributed by atoms with Gasteiger partial charge in [-0.05, 0) is 83.9 Å². The maximum Gasteiger partial charge on any atom is 0.0631 e. The van der Waals surface area contributed by atoms with Crippen LogP contribution in [0.15, 0.2) is 143 Å². The van der Waals surface area contributed by atoms with Crippen LogP contribution in [0, 0.1) is 0 Å². The van der Waals surface area contributed by atoms with Crippen molar-refractivity contribution in [2.45, 2.75) is 0 Å². The molecule has 4 heteroatoms. The van der Waals surface area contributed by atoms with Crippen molar-refractivity contribution in [3.05, 3.63) is 145 Å². The highest BCUT2D eigenvalue weighted by Crippen LogP contribution is 2.24. The fourth-order valence-electron chi connectivity index (χ4n) is 3.61. The lowest BCUT2D eigenvalue weighted by Gasteiger charge is -2.10. The Kier molecular flexibility index (Phi) is 7.26. The van der Waals surface area contributed by atoms with Gasteiger partial charge in [-0.1, -0.05) is 60.7 Å². The summed E-state index contributed by atoms with van der Waals surface area (Å²) in [4.78, 5) is 9.07. The minimum absolute atomic E-state index is 0.917. The fourth-order valence-corrected chi connectivity index (χ4v) is 3.61. The van der Waals surface area contributed by atoms with E-state index in [2.05, 4.69) is 44.9 Å². The van der Waals surface area contributed by atoms with Crippen molar-refractivity contribution >= 4 is 46.6 Å². The second-order valence-electron chi connectivity index (χ2n) is 8.26. The summed E-state index contributed by atoms with van der Waals surface area (Å²) in [6.45, 7) is 0. The highest BCUT2D eigenvalue weighted by atomic mass is 14.9. The van der Waals surface area contributed by atoms with E-state index in [1.54, 1.807) is 0 Å². The van der Waals surface area contributed by atoms with E-state index in [1.807, 2.05) is 122 Å². The number of rotatable bonds is 8. The average molecular weight is 467 g/mol. The highest BCUT2D eigenvalue weighted by molar-refractivity contribution is 5.82. The summed E-state index contributed by atoms with van der Waals surface area (Å²) in [7, 11) is 0. The molecule has 0 fully saturated rings. The van der Waals surface area contributed by atoms with E-state index in [0.717, 1.165) is 45.3 Å². The first-order valence-corrected chi connectivity index (χ1v) is 11.8. The normalized spacial score (nSPS) is 11.1. The monoisotopic (exact) mass is 466 g/mol. The van der Waals surface area contributed by atoms with E-state index in [1.165, 1.54) is 0 Å². The van der Waals surface area contributed by atoms with Gasteiger partial charge in [-0.15, -0.1) is 0 Å². The molecule has 0 atom stereocenters. The SMILES string of the molecule is C(=Nc1ccc(Nc2ccc(Nc3ccc(N=Cc4ccccc4)cc3)cc2)cc1)c1ccccc1. The second-order valence-corrected chi connectivity index (χ2v) is 8.26. The summed E-state index contributed by atoms with van der Waals surface area (Å²) in [6.07, 6.45) is 3.75. The van der Waals surface area contributed by atoms with E-state index >= 15 is 0 Å². The van der Waals surface area contributed by atoms with Crippen LogP contribution in [0.3, 0.4) is 0 Å². The molecule has 4 nitrogen and oxygen atoms in total. The quantitative estimate of drug-likeness (QED) is 0.225. The van der Waals surface area contributed by atoms with Crippen molar-refractivity contribution in [2.75, 3.05) is 10.6 Å². The molecule has 0 bridgehead atoms. The third-order valence-electron chi connectivity index (χ3n) is 5.52. The zero-order valence-corrected chi connectivity index (χ0v) is 19.8. The van der Waals surface area contributed by atoms with Gasteiger partial charge in [0.15, 0.2) is 0 Å². The van der Waals surface area contributed by atoms with Crippen LogP contribution in [0.4, 0.5) is 34.1 Å². The molecule has 0 aromatic heterocycles. The third-order valence-corrected chi connectivity index (χ3v) is 5.52.